The molecule has 0 radical (unpaired) electrons. The van der Waals surface area contributed by atoms with Crippen molar-refractivity contribution >= 4 is 46.9 Å². The molecule has 0 fully saturated rings. The van der Waals surface area contributed by atoms with Crippen LogP contribution in [0.3, 0.4) is 0 Å². The van der Waals surface area contributed by atoms with Gasteiger partial charge in [-0.2, -0.15) is 5.10 Å². The lowest BCUT2D eigenvalue weighted by Crippen LogP contribution is -2.43. The molecule has 0 atom stereocenters. The van der Waals surface area contributed by atoms with E-state index in [1.165, 1.54) is 6.08 Å². The maximum atomic E-state index is 12.3. The van der Waals surface area contributed by atoms with E-state index in [4.69, 9.17) is 23.2 Å². The minimum Gasteiger partial charge on any atom is -0.307 e. The first-order valence-corrected chi connectivity index (χ1v) is 11.0. The standard InChI is InChI=1S/C25H19Cl2N5O2/c26-19-9-6-17(7-10-19)24-18(16-32(31-24)22-4-2-1-3-5-22)8-15-23(33)29-30-25(34)28-21-13-11-20(27)12-14-21/h1-16H,(H,29,33)(H2,28,30,34)/b15-8+. The lowest BCUT2D eigenvalue weighted by atomic mass is 10.1. The van der Waals surface area contributed by atoms with Crippen LogP contribution in [0, 0.1) is 0 Å². The molecule has 0 saturated carbocycles. The van der Waals surface area contributed by atoms with E-state index in [9.17, 15) is 9.59 Å². The number of halogens is 2. The fourth-order valence-electron chi connectivity index (χ4n) is 3.08. The normalized spacial score (nSPS) is 10.8. The van der Waals surface area contributed by atoms with Gasteiger partial charge < -0.3 is 5.32 Å². The second kappa shape index (κ2) is 10.7. The van der Waals surface area contributed by atoms with Crippen molar-refractivity contribution in [3.63, 3.8) is 0 Å². The predicted octanol–water partition coefficient (Wildman–Crippen LogP) is 5.71. The Bertz CT molecular complexity index is 1320. The number of nitrogens with one attached hydrogen (secondary N) is 3. The van der Waals surface area contributed by atoms with Crippen molar-refractivity contribution in [3.8, 4) is 16.9 Å². The predicted molar refractivity (Wildman–Crippen MR) is 135 cm³/mol. The Kier molecular flexibility index (Phi) is 7.27. The zero-order valence-corrected chi connectivity index (χ0v) is 19.2. The molecule has 170 valence electrons. The maximum absolute atomic E-state index is 12.3. The van der Waals surface area contributed by atoms with Crippen molar-refractivity contribution in [2.75, 3.05) is 5.32 Å². The van der Waals surface area contributed by atoms with Crippen LogP contribution >= 0.6 is 23.2 Å². The van der Waals surface area contributed by atoms with Crippen molar-refractivity contribution in [2.45, 2.75) is 0 Å². The number of carbonyl (C=O) groups excluding carboxylic acids is 2. The number of benzene rings is 3. The van der Waals surface area contributed by atoms with Crippen LogP contribution < -0.4 is 16.2 Å². The SMILES string of the molecule is O=C(/C=C/c1cn(-c2ccccc2)nc1-c1ccc(Cl)cc1)NNC(=O)Nc1ccc(Cl)cc1. The smallest absolute Gasteiger partial charge is 0.307 e. The van der Waals surface area contributed by atoms with Gasteiger partial charge in [-0.25, -0.2) is 14.9 Å². The van der Waals surface area contributed by atoms with Crippen molar-refractivity contribution in [3.05, 3.63) is 107 Å². The summed E-state index contributed by atoms with van der Waals surface area (Å²) >= 11 is 11.8. The highest BCUT2D eigenvalue weighted by Gasteiger charge is 2.11. The van der Waals surface area contributed by atoms with Gasteiger partial charge in [0, 0.05) is 39.1 Å². The highest BCUT2D eigenvalue weighted by Crippen LogP contribution is 2.26. The van der Waals surface area contributed by atoms with Crippen LogP contribution in [0.1, 0.15) is 5.56 Å². The highest BCUT2D eigenvalue weighted by molar-refractivity contribution is 6.30. The third kappa shape index (κ3) is 6.04. The number of amides is 3. The molecule has 34 heavy (non-hydrogen) atoms. The van der Waals surface area contributed by atoms with Gasteiger partial charge in [0.05, 0.1) is 11.4 Å². The van der Waals surface area contributed by atoms with Gasteiger partial charge in [0.2, 0.25) is 0 Å². The summed E-state index contributed by atoms with van der Waals surface area (Å²) in [6.07, 6.45) is 4.77. The fourth-order valence-corrected chi connectivity index (χ4v) is 3.33. The van der Waals surface area contributed by atoms with Gasteiger partial charge in [-0.1, -0.05) is 53.5 Å². The molecule has 1 aromatic heterocycles. The fraction of sp³-hybridized carbons (Fsp3) is 0. The number of aromatic nitrogens is 2. The second-order valence-corrected chi connectivity index (χ2v) is 8.00. The van der Waals surface area contributed by atoms with Gasteiger partial charge in [0.15, 0.2) is 0 Å². The first-order valence-electron chi connectivity index (χ1n) is 10.2. The quantitative estimate of drug-likeness (QED) is 0.246. The Morgan fingerprint density at radius 2 is 1.47 bits per heavy atom. The van der Waals surface area contributed by atoms with E-state index in [0.717, 1.165) is 11.3 Å². The van der Waals surface area contributed by atoms with Crippen molar-refractivity contribution in [2.24, 2.45) is 0 Å². The van der Waals surface area contributed by atoms with E-state index in [0.29, 0.717) is 27.0 Å². The zero-order valence-electron chi connectivity index (χ0n) is 17.7. The molecule has 9 heteroatoms. The minimum atomic E-state index is -0.595. The number of para-hydroxylation sites is 1. The first-order chi connectivity index (χ1) is 16.5. The molecular weight excluding hydrogens is 473 g/mol. The average molecular weight is 492 g/mol. The number of hydrazine groups is 1. The van der Waals surface area contributed by atoms with E-state index >= 15 is 0 Å². The summed E-state index contributed by atoms with van der Waals surface area (Å²) in [7, 11) is 0. The number of hydrogen-bond acceptors (Lipinski definition) is 3. The molecule has 7 nitrogen and oxygen atoms in total. The van der Waals surface area contributed by atoms with Crippen LogP contribution in [-0.4, -0.2) is 21.7 Å². The van der Waals surface area contributed by atoms with Crippen LogP contribution in [-0.2, 0) is 4.79 Å². The Labute approximate surface area is 206 Å². The van der Waals surface area contributed by atoms with E-state index in [1.807, 2.05) is 48.7 Å². The molecule has 0 bridgehead atoms. The van der Waals surface area contributed by atoms with Crippen LogP contribution in [0.5, 0.6) is 0 Å². The summed E-state index contributed by atoms with van der Waals surface area (Å²) in [4.78, 5) is 24.3. The summed E-state index contributed by atoms with van der Waals surface area (Å²) in [5.41, 5.74) is 8.28. The molecule has 3 N–H and O–H groups in total. The lowest BCUT2D eigenvalue weighted by Gasteiger charge is -2.07. The molecule has 3 amide bonds. The van der Waals surface area contributed by atoms with E-state index < -0.39 is 11.9 Å². The van der Waals surface area contributed by atoms with Gasteiger partial charge >= 0.3 is 6.03 Å². The van der Waals surface area contributed by atoms with Gasteiger partial charge in [0.1, 0.15) is 0 Å². The van der Waals surface area contributed by atoms with E-state index in [1.54, 1.807) is 47.2 Å². The summed E-state index contributed by atoms with van der Waals surface area (Å²) in [6.45, 7) is 0. The number of anilines is 1. The van der Waals surface area contributed by atoms with Gasteiger partial charge in [-0.15, -0.1) is 0 Å². The molecule has 3 aromatic carbocycles. The average Bonchev–Trinajstić information content (AvgIpc) is 3.28. The Hall–Kier alpha value is -4.07. The molecule has 4 rings (SSSR count). The number of urea groups is 1. The molecule has 0 unspecified atom stereocenters. The second-order valence-electron chi connectivity index (χ2n) is 7.13. The van der Waals surface area contributed by atoms with E-state index in [2.05, 4.69) is 21.3 Å². The van der Waals surface area contributed by atoms with Crippen LogP contribution in [0.2, 0.25) is 10.0 Å². The first kappa shape index (κ1) is 23.1. The molecule has 0 spiro atoms. The molecular formula is C25H19Cl2N5O2. The zero-order chi connectivity index (χ0) is 23.9. The minimum absolute atomic E-state index is 0.513. The number of hydrogen-bond donors (Lipinski definition) is 3. The monoisotopic (exact) mass is 491 g/mol. The third-order valence-corrected chi connectivity index (χ3v) is 5.20. The Morgan fingerprint density at radius 3 is 2.15 bits per heavy atom. The Balaban J connectivity index is 1.47. The maximum Gasteiger partial charge on any atom is 0.337 e. The molecule has 0 aliphatic rings. The lowest BCUT2D eigenvalue weighted by molar-refractivity contribution is -0.117. The molecule has 1 heterocycles. The Morgan fingerprint density at radius 1 is 0.824 bits per heavy atom. The molecule has 0 saturated heterocycles. The van der Waals surface area contributed by atoms with Crippen LogP contribution in [0.15, 0.2) is 91.1 Å². The summed E-state index contributed by atoms with van der Waals surface area (Å²) in [6, 6.07) is 22.9. The number of rotatable bonds is 5. The van der Waals surface area contributed by atoms with Gasteiger partial charge in [-0.05, 0) is 54.6 Å². The van der Waals surface area contributed by atoms with Crippen molar-refractivity contribution < 1.29 is 9.59 Å². The largest absolute Gasteiger partial charge is 0.337 e. The van der Waals surface area contributed by atoms with Crippen LogP contribution in [0.4, 0.5) is 10.5 Å². The molecule has 0 aliphatic carbocycles. The summed E-state index contributed by atoms with van der Waals surface area (Å²) < 4.78 is 1.74. The summed E-state index contributed by atoms with van der Waals surface area (Å²) in [5.74, 6) is -0.513. The summed E-state index contributed by atoms with van der Waals surface area (Å²) in [5, 5.41) is 8.44. The van der Waals surface area contributed by atoms with Gasteiger partial charge in [-0.3, -0.25) is 10.2 Å². The van der Waals surface area contributed by atoms with Crippen molar-refractivity contribution in [1.29, 1.82) is 0 Å². The molecule has 4 aromatic rings. The van der Waals surface area contributed by atoms with Crippen LogP contribution in [0.25, 0.3) is 23.0 Å². The number of nitrogens with zero attached hydrogens (tertiary/aromatic N) is 2. The molecule has 0 aliphatic heterocycles. The topological polar surface area (TPSA) is 88.1 Å². The van der Waals surface area contributed by atoms with Gasteiger partial charge in [0.25, 0.3) is 5.91 Å². The van der Waals surface area contributed by atoms with Crippen molar-refractivity contribution in [1.82, 2.24) is 20.6 Å². The number of carbonyl (C=O) groups is 2. The highest BCUT2D eigenvalue weighted by atomic mass is 35.5. The van der Waals surface area contributed by atoms with E-state index in [-0.39, 0.29) is 0 Å². The third-order valence-electron chi connectivity index (χ3n) is 4.70.